The lowest BCUT2D eigenvalue weighted by Gasteiger charge is -2.17. The molecule has 1 atom stereocenters. The summed E-state index contributed by atoms with van der Waals surface area (Å²) in [6.45, 7) is 4.06. The molecule has 0 spiro atoms. The Labute approximate surface area is 112 Å². The van der Waals surface area contributed by atoms with E-state index in [1.54, 1.807) is 10.9 Å². The summed E-state index contributed by atoms with van der Waals surface area (Å²) in [5, 5.41) is 8.07. The third-order valence-corrected chi connectivity index (χ3v) is 3.20. The molecule has 4 nitrogen and oxygen atoms in total. The van der Waals surface area contributed by atoms with Crippen LogP contribution in [0, 0.1) is 13.8 Å². The average molecular weight is 265 g/mol. The smallest absolute Gasteiger partial charge is 0.0934 e. The summed E-state index contributed by atoms with van der Waals surface area (Å²) in [4.78, 5) is 4.58. The van der Waals surface area contributed by atoms with Gasteiger partial charge in [0.1, 0.15) is 0 Å². The Kier molecular flexibility index (Phi) is 3.68. The van der Waals surface area contributed by atoms with E-state index < -0.39 is 0 Å². The van der Waals surface area contributed by atoms with Gasteiger partial charge in [0.05, 0.1) is 28.6 Å². The lowest BCUT2D eigenvalue weighted by atomic mass is 10.1. The first-order valence-electron chi connectivity index (χ1n) is 5.82. The van der Waals surface area contributed by atoms with Crippen LogP contribution in [0.15, 0.2) is 18.3 Å². The molecule has 2 aromatic rings. The highest BCUT2D eigenvalue weighted by Crippen LogP contribution is 2.27. The molecule has 18 heavy (non-hydrogen) atoms. The van der Waals surface area contributed by atoms with E-state index in [9.17, 15) is 0 Å². The van der Waals surface area contributed by atoms with E-state index in [0.29, 0.717) is 5.02 Å². The highest BCUT2D eigenvalue weighted by atomic mass is 35.5. The summed E-state index contributed by atoms with van der Waals surface area (Å²) in [5.41, 5.74) is 4.08. The zero-order valence-electron chi connectivity index (χ0n) is 11.0. The first kappa shape index (κ1) is 13.1. The van der Waals surface area contributed by atoms with Crippen LogP contribution in [0.5, 0.6) is 0 Å². The number of aromatic nitrogens is 3. The average Bonchev–Trinajstić information content (AvgIpc) is 2.61. The quantitative estimate of drug-likeness (QED) is 0.926. The number of pyridine rings is 1. The van der Waals surface area contributed by atoms with Gasteiger partial charge in [-0.05, 0) is 38.6 Å². The Hall–Kier alpha value is -1.39. The van der Waals surface area contributed by atoms with Crippen LogP contribution in [0.25, 0.3) is 0 Å². The molecule has 0 amide bonds. The molecule has 0 aromatic carbocycles. The van der Waals surface area contributed by atoms with Crippen molar-refractivity contribution in [3.05, 3.63) is 46.0 Å². The van der Waals surface area contributed by atoms with Crippen LogP contribution in [0.2, 0.25) is 5.02 Å². The molecule has 0 fully saturated rings. The second kappa shape index (κ2) is 5.08. The number of aryl methyl sites for hydroxylation is 3. The molecule has 0 aliphatic carbocycles. The molecule has 1 unspecified atom stereocenters. The predicted octanol–water partition coefficient (Wildman–Crippen LogP) is 2.39. The number of hydrogen-bond acceptors (Lipinski definition) is 3. The Morgan fingerprint density at radius 1 is 1.33 bits per heavy atom. The minimum Gasteiger partial charge on any atom is -0.307 e. The topological polar surface area (TPSA) is 42.7 Å². The summed E-state index contributed by atoms with van der Waals surface area (Å²) in [6.07, 6.45) is 1.66. The van der Waals surface area contributed by atoms with Gasteiger partial charge >= 0.3 is 0 Å². The van der Waals surface area contributed by atoms with E-state index in [2.05, 4.69) is 34.5 Å². The van der Waals surface area contributed by atoms with Crippen LogP contribution in [-0.4, -0.2) is 21.8 Å². The van der Waals surface area contributed by atoms with Crippen molar-refractivity contribution in [1.82, 2.24) is 20.1 Å². The van der Waals surface area contributed by atoms with Crippen LogP contribution in [0.3, 0.4) is 0 Å². The third kappa shape index (κ3) is 2.40. The highest BCUT2D eigenvalue weighted by Gasteiger charge is 2.20. The molecule has 2 rings (SSSR count). The van der Waals surface area contributed by atoms with Crippen LogP contribution in [0.4, 0.5) is 0 Å². The van der Waals surface area contributed by atoms with Gasteiger partial charge in [-0.1, -0.05) is 11.6 Å². The highest BCUT2D eigenvalue weighted by molar-refractivity contribution is 6.31. The maximum atomic E-state index is 6.20. The standard InChI is InChI=1S/C13H17ClN4/c1-8-5-9(2)17-11(6-8)12(15-3)13-10(14)7-16-18(13)4/h5-7,12,15H,1-4H3. The molecule has 0 saturated carbocycles. The van der Waals surface area contributed by atoms with Gasteiger partial charge in [-0.15, -0.1) is 0 Å². The number of halogens is 1. The Morgan fingerprint density at radius 2 is 2.06 bits per heavy atom. The first-order chi connectivity index (χ1) is 8.52. The SMILES string of the molecule is CNC(c1cc(C)cc(C)n1)c1c(Cl)cnn1C. The van der Waals surface area contributed by atoms with Crippen LogP contribution >= 0.6 is 11.6 Å². The van der Waals surface area contributed by atoms with Gasteiger partial charge in [-0.2, -0.15) is 5.10 Å². The molecule has 96 valence electrons. The van der Waals surface area contributed by atoms with Crippen molar-refractivity contribution in [1.29, 1.82) is 0 Å². The third-order valence-electron chi connectivity index (χ3n) is 2.91. The van der Waals surface area contributed by atoms with Crippen molar-refractivity contribution < 1.29 is 0 Å². The van der Waals surface area contributed by atoms with E-state index >= 15 is 0 Å². The normalized spacial score (nSPS) is 12.7. The fourth-order valence-electron chi connectivity index (χ4n) is 2.19. The Morgan fingerprint density at radius 3 is 2.56 bits per heavy atom. The first-order valence-corrected chi connectivity index (χ1v) is 6.20. The van der Waals surface area contributed by atoms with Crippen LogP contribution in [-0.2, 0) is 7.05 Å². The molecule has 0 radical (unpaired) electrons. The predicted molar refractivity (Wildman–Crippen MR) is 72.8 cm³/mol. The largest absolute Gasteiger partial charge is 0.307 e. The minimum absolute atomic E-state index is 0.0522. The molecular weight excluding hydrogens is 248 g/mol. The van der Waals surface area contributed by atoms with E-state index in [0.717, 1.165) is 17.1 Å². The van der Waals surface area contributed by atoms with Gasteiger partial charge in [-0.25, -0.2) is 0 Å². The number of nitrogens with zero attached hydrogens (tertiary/aromatic N) is 3. The molecule has 0 saturated heterocycles. The van der Waals surface area contributed by atoms with E-state index in [1.807, 2.05) is 21.0 Å². The molecule has 2 aromatic heterocycles. The summed E-state index contributed by atoms with van der Waals surface area (Å²) in [6, 6.07) is 4.07. The Balaban J connectivity index is 2.52. The zero-order chi connectivity index (χ0) is 13.3. The molecule has 0 aliphatic heterocycles. The van der Waals surface area contributed by atoms with Gasteiger partial charge < -0.3 is 5.32 Å². The van der Waals surface area contributed by atoms with Crippen LogP contribution < -0.4 is 5.32 Å². The second-order valence-electron chi connectivity index (χ2n) is 4.43. The van der Waals surface area contributed by atoms with E-state index in [-0.39, 0.29) is 6.04 Å². The molecule has 0 aliphatic rings. The second-order valence-corrected chi connectivity index (χ2v) is 4.84. The van der Waals surface area contributed by atoms with Gasteiger partial charge in [0, 0.05) is 12.7 Å². The molecule has 2 heterocycles. The Bertz CT molecular complexity index is 522. The number of rotatable bonds is 3. The van der Waals surface area contributed by atoms with Gasteiger partial charge in [0.25, 0.3) is 0 Å². The van der Waals surface area contributed by atoms with Crippen molar-refractivity contribution in [2.75, 3.05) is 7.05 Å². The number of hydrogen-bond donors (Lipinski definition) is 1. The fourth-order valence-corrected chi connectivity index (χ4v) is 2.47. The van der Waals surface area contributed by atoms with Gasteiger partial charge in [0.15, 0.2) is 0 Å². The van der Waals surface area contributed by atoms with E-state index in [4.69, 9.17) is 11.6 Å². The van der Waals surface area contributed by atoms with Crippen molar-refractivity contribution >= 4 is 11.6 Å². The lowest BCUT2D eigenvalue weighted by molar-refractivity contribution is 0.593. The van der Waals surface area contributed by atoms with Crippen molar-refractivity contribution in [2.24, 2.45) is 7.05 Å². The fraction of sp³-hybridized carbons (Fsp3) is 0.385. The summed E-state index contributed by atoms with van der Waals surface area (Å²) in [7, 11) is 3.78. The monoisotopic (exact) mass is 264 g/mol. The lowest BCUT2D eigenvalue weighted by Crippen LogP contribution is -2.22. The maximum Gasteiger partial charge on any atom is 0.0934 e. The summed E-state index contributed by atoms with van der Waals surface area (Å²) >= 11 is 6.20. The maximum absolute atomic E-state index is 6.20. The summed E-state index contributed by atoms with van der Waals surface area (Å²) in [5.74, 6) is 0. The number of nitrogens with one attached hydrogen (secondary N) is 1. The van der Waals surface area contributed by atoms with E-state index in [1.165, 1.54) is 5.56 Å². The van der Waals surface area contributed by atoms with Crippen molar-refractivity contribution in [3.8, 4) is 0 Å². The molecule has 0 bridgehead atoms. The van der Waals surface area contributed by atoms with Crippen molar-refractivity contribution in [3.63, 3.8) is 0 Å². The minimum atomic E-state index is -0.0522. The van der Waals surface area contributed by atoms with Gasteiger partial charge in [-0.3, -0.25) is 9.67 Å². The molecule has 5 heteroatoms. The van der Waals surface area contributed by atoms with Crippen molar-refractivity contribution in [2.45, 2.75) is 19.9 Å². The van der Waals surface area contributed by atoms with Crippen LogP contribution in [0.1, 0.15) is 28.7 Å². The summed E-state index contributed by atoms with van der Waals surface area (Å²) < 4.78 is 1.78. The molecule has 1 N–H and O–H groups in total. The zero-order valence-corrected chi connectivity index (χ0v) is 11.8. The van der Waals surface area contributed by atoms with Gasteiger partial charge in [0.2, 0.25) is 0 Å². The molecular formula is C13H17ClN4.